The lowest BCUT2D eigenvalue weighted by molar-refractivity contribution is 0.0882. The van der Waals surface area contributed by atoms with Crippen LogP contribution in [0.4, 0.5) is 0 Å². The molecular weight excluding hydrogens is 114 g/mol. The van der Waals surface area contributed by atoms with Crippen molar-refractivity contribution in [1.29, 1.82) is 0 Å². The number of hydrogen-bond acceptors (Lipinski definition) is 2. The Morgan fingerprint density at radius 2 is 2.22 bits per heavy atom. The van der Waals surface area contributed by atoms with E-state index in [1.807, 2.05) is 0 Å². The molecule has 56 valence electrons. The maximum Gasteiger partial charge on any atom is 0.0590 e. The van der Waals surface area contributed by atoms with Crippen molar-refractivity contribution in [2.24, 2.45) is 5.92 Å². The maximum absolute atomic E-state index is 9.14. The van der Waals surface area contributed by atoms with Crippen LogP contribution in [-0.2, 0) is 0 Å². The molecule has 2 heteroatoms. The normalized spacial score (nSPS) is 35.3. The van der Waals surface area contributed by atoms with Crippen molar-refractivity contribution in [3.05, 3.63) is 0 Å². The van der Waals surface area contributed by atoms with E-state index in [9.17, 15) is 0 Å². The van der Waals surface area contributed by atoms with E-state index in [1.165, 1.54) is 0 Å². The van der Waals surface area contributed by atoms with Crippen LogP contribution in [0.15, 0.2) is 0 Å². The predicted octanol–water partition coefficient (Wildman–Crippen LogP) is 0.613. The van der Waals surface area contributed by atoms with Gasteiger partial charge in [-0.05, 0) is 18.9 Å². The second-order valence-electron chi connectivity index (χ2n) is 2.54. The molecule has 0 aromatic rings. The highest BCUT2D eigenvalue weighted by molar-refractivity contribution is 4.72. The fourth-order valence-corrected chi connectivity index (χ4v) is 1.00. The largest absolute Gasteiger partial charge is 0.393 e. The molecule has 1 fully saturated rings. The van der Waals surface area contributed by atoms with E-state index in [-0.39, 0.29) is 13.5 Å². The Balaban J connectivity index is 0.000000640. The number of rotatable bonds is 0. The summed E-state index contributed by atoms with van der Waals surface area (Å²) in [5.41, 5.74) is 0. The topological polar surface area (TPSA) is 32.3 Å². The van der Waals surface area contributed by atoms with Crippen LogP contribution >= 0.6 is 0 Å². The van der Waals surface area contributed by atoms with Crippen LogP contribution in [0.5, 0.6) is 0 Å². The first-order valence-corrected chi connectivity index (χ1v) is 3.19. The Morgan fingerprint density at radius 3 is 2.56 bits per heavy atom. The van der Waals surface area contributed by atoms with Gasteiger partial charge >= 0.3 is 0 Å². The third-order valence-electron chi connectivity index (χ3n) is 1.74. The summed E-state index contributed by atoms with van der Waals surface area (Å²) < 4.78 is 0. The van der Waals surface area contributed by atoms with Gasteiger partial charge in [-0.2, -0.15) is 0 Å². The maximum atomic E-state index is 9.14. The summed E-state index contributed by atoms with van der Waals surface area (Å²) in [4.78, 5) is 0. The molecule has 0 aromatic heterocycles. The zero-order valence-electron chi connectivity index (χ0n) is 5.22. The molecule has 0 amide bonds. The Bertz CT molecular complexity index is 65.3. The summed E-state index contributed by atoms with van der Waals surface area (Å²) in [6.45, 7) is 4.02. The average Bonchev–Trinajstić information content (AvgIpc) is 1.77. The molecule has 1 aliphatic rings. The van der Waals surface area contributed by atoms with Gasteiger partial charge in [0.05, 0.1) is 6.10 Å². The zero-order valence-corrected chi connectivity index (χ0v) is 5.22. The molecule has 0 bridgehead atoms. The molecule has 1 rings (SSSR count). The molecule has 2 atom stereocenters. The van der Waals surface area contributed by atoms with Crippen molar-refractivity contribution in [2.45, 2.75) is 26.9 Å². The second kappa shape index (κ2) is 3.85. The van der Waals surface area contributed by atoms with Crippen LogP contribution in [-0.4, -0.2) is 24.3 Å². The van der Waals surface area contributed by atoms with Gasteiger partial charge in [-0.25, -0.2) is 0 Å². The highest BCUT2D eigenvalue weighted by Crippen LogP contribution is 2.08. The van der Waals surface area contributed by atoms with Gasteiger partial charge in [0.15, 0.2) is 0 Å². The van der Waals surface area contributed by atoms with Gasteiger partial charge in [0.25, 0.3) is 0 Å². The smallest absolute Gasteiger partial charge is 0.0590 e. The summed E-state index contributed by atoms with van der Waals surface area (Å²) in [5.74, 6) is 0.448. The molecule has 1 aliphatic heterocycles. The lowest BCUT2D eigenvalue weighted by Crippen LogP contribution is -2.38. The second-order valence-corrected chi connectivity index (χ2v) is 2.54. The van der Waals surface area contributed by atoms with E-state index in [0.717, 1.165) is 19.5 Å². The summed E-state index contributed by atoms with van der Waals surface area (Å²) >= 11 is 0. The molecule has 0 spiro atoms. The van der Waals surface area contributed by atoms with E-state index in [4.69, 9.17) is 5.11 Å². The van der Waals surface area contributed by atoms with Gasteiger partial charge in [0, 0.05) is 6.54 Å². The minimum atomic E-state index is -0.0590. The summed E-state index contributed by atoms with van der Waals surface area (Å²) in [7, 11) is 0. The van der Waals surface area contributed by atoms with Gasteiger partial charge in [0.1, 0.15) is 0 Å². The van der Waals surface area contributed by atoms with E-state index in [0.29, 0.717) is 5.92 Å². The minimum absolute atomic E-state index is 0. The molecule has 9 heavy (non-hydrogen) atoms. The SMILES string of the molecule is C.CC1CNCCC1O. The van der Waals surface area contributed by atoms with Crippen molar-refractivity contribution in [2.75, 3.05) is 13.1 Å². The van der Waals surface area contributed by atoms with E-state index >= 15 is 0 Å². The van der Waals surface area contributed by atoms with Crippen molar-refractivity contribution < 1.29 is 5.11 Å². The molecule has 0 saturated carbocycles. The fraction of sp³-hybridized carbons (Fsp3) is 1.00. The molecule has 0 radical (unpaired) electrons. The predicted molar refractivity (Wildman–Crippen MR) is 39.4 cm³/mol. The van der Waals surface area contributed by atoms with Gasteiger partial charge in [-0.1, -0.05) is 14.4 Å². The van der Waals surface area contributed by atoms with Crippen LogP contribution < -0.4 is 5.32 Å². The quantitative estimate of drug-likeness (QED) is 0.505. The summed E-state index contributed by atoms with van der Waals surface area (Å²) in [6, 6.07) is 0. The Labute approximate surface area is 57.3 Å². The van der Waals surface area contributed by atoms with E-state index in [1.54, 1.807) is 0 Å². The lowest BCUT2D eigenvalue weighted by Gasteiger charge is -2.24. The highest BCUT2D eigenvalue weighted by Gasteiger charge is 2.16. The molecule has 0 aromatic carbocycles. The monoisotopic (exact) mass is 131 g/mol. The van der Waals surface area contributed by atoms with Gasteiger partial charge < -0.3 is 10.4 Å². The van der Waals surface area contributed by atoms with Crippen LogP contribution in [0.1, 0.15) is 20.8 Å². The van der Waals surface area contributed by atoms with E-state index in [2.05, 4.69) is 12.2 Å². The molecule has 2 N–H and O–H groups in total. The van der Waals surface area contributed by atoms with Crippen LogP contribution in [0, 0.1) is 5.92 Å². The Kier molecular flexibility index (Phi) is 3.82. The zero-order chi connectivity index (χ0) is 5.98. The molecule has 2 nitrogen and oxygen atoms in total. The highest BCUT2D eigenvalue weighted by atomic mass is 16.3. The first kappa shape index (κ1) is 8.92. The van der Waals surface area contributed by atoms with Crippen molar-refractivity contribution in [1.82, 2.24) is 5.32 Å². The van der Waals surface area contributed by atoms with Gasteiger partial charge in [-0.15, -0.1) is 0 Å². The molecule has 1 saturated heterocycles. The van der Waals surface area contributed by atoms with Crippen LogP contribution in [0.2, 0.25) is 0 Å². The number of hydrogen-bond donors (Lipinski definition) is 2. The standard InChI is InChI=1S/C6H13NO.CH4/c1-5-4-7-3-2-6(5)8;/h5-8H,2-4H2,1H3;1H4. The molecule has 2 unspecified atom stereocenters. The average molecular weight is 131 g/mol. The lowest BCUT2D eigenvalue weighted by atomic mass is 9.99. The number of aliphatic hydroxyl groups excluding tert-OH is 1. The Hall–Kier alpha value is -0.0800. The summed E-state index contributed by atoms with van der Waals surface area (Å²) in [5, 5.41) is 12.3. The first-order valence-electron chi connectivity index (χ1n) is 3.19. The molecule has 0 aliphatic carbocycles. The third-order valence-corrected chi connectivity index (χ3v) is 1.74. The molecule has 1 heterocycles. The Morgan fingerprint density at radius 1 is 1.56 bits per heavy atom. The van der Waals surface area contributed by atoms with Crippen LogP contribution in [0.3, 0.4) is 0 Å². The fourth-order valence-electron chi connectivity index (χ4n) is 1.00. The summed E-state index contributed by atoms with van der Waals surface area (Å²) in [6.07, 6.45) is 0.859. The number of nitrogens with one attached hydrogen (secondary N) is 1. The molecular formula is C7H17NO. The van der Waals surface area contributed by atoms with Crippen molar-refractivity contribution in [3.63, 3.8) is 0 Å². The third kappa shape index (κ3) is 2.33. The van der Waals surface area contributed by atoms with Crippen molar-refractivity contribution in [3.8, 4) is 0 Å². The van der Waals surface area contributed by atoms with Crippen LogP contribution in [0.25, 0.3) is 0 Å². The minimum Gasteiger partial charge on any atom is -0.393 e. The first-order chi connectivity index (χ1) is 3.80. The van der Waals surface area contributed by atoms with Gasteiger partial charge in [0.2, 0.25) is 0 Å². The number of aliphatic hydroxyl groups is 1. The van der Waals surface area contributed by atoms with Crippen molar-refractivity contribution >= 4 is 0 Å². The number of piperidine rings is 1. The van der Waals surface area contributed by atoms with Gasteiger partial charge in [-0.3, -0.25) is 0 Å². The van der Waals surface area contributed by atoms with E-state index < -0.39 is 0 Å².